The molecule has 1 aliphatic heterocycles. The topological polar surface area (TPSA) is 77.9 Å². The van der Waals surface area contributed by atoms with E-state index in [0.29, 0.717) is 0 Å². The zero-order valence-corrected chi connectivity index (χ0v) is 12.4. The molecule has 1 N–H and O–H groups in total. The predicted molar refractivity (Wildman–Crippen MR) is 79.6 cm³/mol. The van der Waals surface area contributed by atoms with Gasteiger partial charge in [0.05, 0.1) is 19.5 Å². The van der Waals surface area contributed by atoms with Crippen LogP contribution in [0, 0.1) is 0 Å². The average molecular weight is 302 g/mol. The molecule has 0 spiro atoms. The number of para-hydroxylation sites is 1. The lowest BCUT2D eigenvalue weighted by atomic mass is 9.90. The monoisotopic (exact) mass is 302 g/mol. The van der Waals surface area contributed by atoms with Crippen molar-refractivity contribution >= 4 is 23.5 Å². The van der Waals surface area contributed by atoms with E-state index in [-0.39, 0.29) is 36.7 Å². The summed E-state index contributed by atoms with van der Waals surface area (Å²) in [5.74, 6) is -1.30. The second-order valence-corrected chi connectivity index (χ2v) is 6.07. The molecule has 0 atom stereocenters. The van der Waals surface area contributed by atoms with E-state index in [1.54, 1.807) is 4.90 Å². The van der Waals surface area contributed by atoms with Gasteiger partial charge in [-0.25, -0.2) is 0 Å². The molecule has 3 rings (SSSR count). The number of amides is 2. The number of carbonyl (C=O) groups is 3. The van der Waals surface area contributed by atoms with Gasteiger partial charge in [0.2, 0.25) is 11.8 Å². The number of rotatable bonds is 4. The molecule has 2 amide bonds. The Kier molecular flexibility index (Phi) is 3.39. The fourth-order valence-corrected chi connectivity index (χ4v) is 3.08. The standard InChI is InChI=1S/C16H18N2O4/c1-17-13(19)9-18(10-14(17)20)12-5-3-2-4-11(12)16(6-7-16)8-15(21)22/h2-5H,6-10H2,1H3,(H,21,22). The number of nitrogens with zero attached hydrogens (tertiary/aromatic N) is 2. The van der Waals surface area contributed by atoms with Crippen LogP contribution in [0.15, 0.2) is 24.3 Å². The lowest BCUT2D eigenvalue weighted by Gasteiger charge is -2.34. The van der Waals surface area contributed by atoms with Crippen LogP contribution < -0.4 is 4.90 Å². The van der Waals surface area contributed by atoms with Crippen LogP contribution in [0.3, 0.4) is 0 Å². The number of anilines is 1. The third-order valence-corrected chi connectivity index (χ3v) is 4.56. The quantitative estimate of drug-likeness (QED) is 0.840. The highest BCUT2D eigenvalue weighted by atomic mass is 16.4. The first kappa shape index (κ1) is 14.6. The summed E-state index contributed by atoms with van der Waals surface area (Å²) >= 11 is 0. The maximum absolute atomic E-state index is 11.9. The van der Waals surface area contributed by atoms with E-state index in [9.17, 15) is 14.4 Å². The highest BCUT2D eigenvalue weighted by Gasteiger charge is 2.48. The van der Waals surface area contributed by atoms with Crippen LogP contribution in [0.5, 0.6) is 0 Å². The van der Waals surface area contributed by atoms with Gasteiger partial charge in [0.25, 0.3) is 0 Å². The maximum atomic E-state index is 11.9. The molecule has 1 saturated carbocycles. The van der Waals surface area contributed by atoms with E-state index < -0.39 is 5.97 Å². The summed E-state index contributed by atoms with van der Waals surface area (Å²) in [6.45, 7) is 0.283. The van der Waals surface area contributed by atoms with Crippen molar-refractivity contribution in [3.8, 4) is 0 Å². The minimum Gasteiger partial charge on any atom is -0.481 e. The number of aliphatic carboxylic acids is 1. The Morgan fingerprint density at radius 2 is 1.77 bits per heavy atom. The first-order valence-corrected chi connectivity index (χ1v) is 7.29. The van der Waals surface area contributed by atoms with Crippen molar-refractivity contribution in [3.63, 3.8) is 0 Å². The van der Waals surface area contributed by atoms with E-state index in [1.807, 2.05) is 24.3 Å². The minimum absolute atomic E-state index is 0.0830. The number of likely N-dealkylation sites (N-methyl/N-ethyl adjacent to an activating group) is 1. The summed E-state index contributed by atoms with van der Waals surface area (Å²) in [6.07, 6.45) is 1.73. The molecule has 2 aliphatic rings. The molecular formula is C16H18N2O4. The highest BCUT2D eigenvalue weighted by molar-refractivity contribution is 6.02. The molecule has 1 aromatic carbocycles. The number of carbonyl (C=O) groups excluding carboxylic acids is 2. The zero-order valence-electron chi connectivity index (χ0n) is 12.4. The van der Waals surface area contributed by atoms with Crippen molar-refractivity contribution in [1.82, 2.24) is 4.90 Å². The van der Waals surface area contributed by atoms with Crippen LogP contribution in [-0.4, -0.2) is 47.9 Å². The van der Waals surface area contributed by atoms with Crippen molar-refractivity contribution in [1.29, 1.82) is 0 Å². The molecule has 0 unspecified atom stereocenters. The smallest absolute Gasteiger partial charge is 0.304 e. The number of carboxylic acid groups (broad SMARTS) is 1. The van der Waals surface area contributed by atoms with Gasteiger partial charge in [-0.05, 0) is 24.5 Å². The fourth-order valence-electron chi connectivity index (χ4n) is 3.08. The zero-order chi connectivity index (χ0) is 15.9. The van der Waals surface area contributed by atoms with Gasteiger partial charge in [0.15, 0.2) is 0 Å². The Morgan fingerprint density at radius 3 is 2.32 bits per heavy atom. The van der Waals surface area contributed by atoms with Gasteiger partial charge in [-0.2, -0.15) is 0 Å². The lowest BCUT2D eigenvalue weighted by Crippen LogP contribution is -2.52. The molecule has 0 aromatic heterocycles. The number of hydrogen-bond donors (Lipinski definition) is 1. The number of carboxylic acids is 1. The Morgan fingerprint density at radius 1 is 1.18 bits per heavy atom. The summed E-state index contributed by atoms with van der Waals surface area (Å²) in [4.78, 5) is 37.9. The molecule has 1 heterocycles. The first-order valence-electron chi connectivity index (χ1n) is 7.29. The van der Waals surface area contributed by atoms with Crippen LogP contribution in [0.1, 0.15) is 24.8 Å². The Bertz CT molecular complexity index is 633. The Hall–Kier alpha value is -2.37. The van der Waals surface area contributed by atoms with Crippen molar-refractivity contribution < 1.29 is 19.5 Å². The van der Waals surface area contributed by atoms with E-state index in [0.717, 1.165) is 29.0 Å². The summed E-state index contributed by atoms with van der Waals surface area (Å²) < 4.78 is 0. The number of hydrogen-bond acceptors (Lipinski definition) is 4. The number of benzene rings is 1. The third kappa shape index (κ3) is 2.45. The van der Waals surface area contributed by atoms with Crippen molar-refractivity contribution in [2.45, 2.75) is 24.7 Å². The highest BCUT2D eigenvalue weighted by Crippen LogP contribution is 2.53. The molecule has 1 aromatic rings. The molecule has 0 bridgehead atoms. The van der Waals surface area contributed by atoms with Gasteiger partial charge >= 0.3 is 5.97 Å². The minimum atomic E-state index is -0.821. The molecule has 0 radical (unpaired) electrons. The van der Waals surface area contributed by atoms with Crippen LogP contribution in [0.2, 0.25) is 0 Å². The molecular weight excluding hydrogens is 284 g/mol. The van der Waals surface area contributed by atoms with Gasteiger partial charge in [-0.15, -0.1) is 0 Å². The van der Waals surface area contributed by atoms with Gasteiger partial charge in [0, 0.05) is 18.2 Å². The van der Waals surface area contributed by atoms with Crippen LogP contribution in [0.25, 0.3) is 0 Å². The van der Waals surface area contributed by atoms with Gasteiger partial charge in [-0.1, -0.05) is 18.2 Å². The normalized spacial score (nSPS) is 20.2. The van der Waals surface area contributed by atoms with Gasteiger partial charge in [0.1, 0.15) is 0 Å². The van der Waals surface area contributed by atoms with Crippen molar-refractivity contribution in [3.05, 3.63) is 29.8 Å². The molecule has 2 fully saturated rings. The molecule has 1 aliphatic carbocycles. The number of imide groups is 1. The molecule has 22 heavy (non-hydrogen) atoms. The fraction of sp³-hybridized carbons (Fsp3) is 0.438. The Labute approximate surface area is 128 Å². The molecule has 6 heteroatoms. The predicted octanol–water partition coefficient (Wildman–Crippen LogP) is 0.998. The average Bonchev–Trinajstić information content (AvgIpc) is 3.24. The van der Waals surface area contributed by atoms with Crippen molar-refractivity contribution in [2.75, 3.05) is 25.0 Å². The lowest BCUT2D eigenvalue weighted by molar-refractivity contribution is -0.143. The van der Waals surface area contributed by atoms with Crippen LogP contribution in [0.4, 0.5) is 5.69 Å². The Balaban J connectivity index is 1.94. The van der Waals surface area contributed by atoms with Crippen LogP contribution in [-0.2, 0) is 19.8 Å². The van der Waals surface area contributed by atoms with E-state index in [1.165, 1.54) is 7.05 Å². The molecule has 1 saturated heterocycles. The second kappa shape index (κ2) is 5.12. The van der Waals surface area contributed by atoms with Crippen molar-refractivity contribution in [2.24, 2.45) is 0 Å². The van der Waals surface area contributed by atoms with E-state index in [2.05, 4.69) is 0 Å². The largest absolute Gasteiger partial charge is 0.481 e. The molecule has 116 valence electrons. The second-order valence-electron chi connectivity index (χ2n) is 6.07. The number of piperazine rings is 1. The summed E-state index contributed by atoms with van der Waals surface area (Å²) in [5, 5.41) is 9.14. The summed E-state index contributed by atoms with van der Waals surface area (Å²) in [6, 6.07) is 7.51. The van der Waals surface area contributed by atoms with Crippen LogP contribution >= 0.6 is 0 Å². The molecule has 6 nitrogen and oxygen atoms in total. The first-order chi connectivity index (χ1) is 10.4. The SMILES string of the molecule is CN1C(=O)CN(c2ccccc2C2(CC(=O)O)CC2)CC1=O. The summed E-state index contributed by atoms with van der Waals surface area (Å²) in [5.41, 5.74) is 1.39. The maximum Gasteiger partial charge on any atom is 0.304 e. The third-order valence-electron chi connectivity index (χ3n) is 4.56. The summed E-state index contributed by atoms with van der Waals surface area (Å²) in [7, 11) is 1.49. The van der Waals surface area contributed by atoms with E-state index >= 15 is 0 Å². The van der Waals surface area contributed by atoms with Gasteiger partial charge < -0.3 is 10.0 Å². The van der Waals surface area contributed by atoms with E-state index in [4.69, 9.17) is 5.11 Å². The van der Waals surface area contributed by atoms with Gasteiger partial charge in [-0.3, -0.25) is 19.3 Å².